The zero-order valence-electron chi connectivity index (χ0n) is 11.8. The van der Waals surface area contributed by atoms with Crippen LogP contribution in [-0.2, 0) is 4.74 Å². The summed E-state index contributed by atoms with van der Waals surface area (Å²) in [6.45, 7) is 0.894. The van der Waals surface area contributed by atoms with Crippen LogP contribution in [-0.4, -0.2) is 13.7 Å². The second-order valence-corrected chi connectivity index (χ2v) is 5.21. The van der Waals surface area contributed by atoms with Crippen LogP contribution in [0.25, 0.3) is 11.1 Å². The van der Waals surface area contributed by atoms with E-state index in [0.717, 1.165) is 18.8 Å². The number of rotatable bonds is 3. The van der Waals surface area contributed by atoms with Gasteiger partial charge in [0.05, 0.1) is 13.2 Å². The van der Waals surface area contributed by atoms with Gasteiger partial charge in [0.2, 0.25) is 0 Å². The van der Waals surface area contributed by atoms with E-state index in [0.29, 0.717) is 0 Å². The second kappa shape index (κ2) is 6.10. The van der Waals surface area contributed by atoms with Crippen LogP contribution in [0.4, 0.5) is 0 Å². The van der Waals surface area contributed by atoms with Gasteiger partial charge in [0.15, 0.2) is 0 Å². The molecule has 0 N–H and O–H groups in total. The number of benzene rings is 2. The first-order valence-electron chi connectivity index (χ1n) is 7.23. The molecule has 0 aliphatic carbocycles. The van der Waals surface area contributed by atoms with Crippen molar-refractivity contribution in [1.82, 2.24) is 0 Å². The molecule has 1 aliphatic heterocycles. The first kappa shape index (κ1) is 13.2. The monoisotopic (exact) mass is 268 g/mol. The van der Waals surface area contributed by atoms with Gasteiger partial charge in [-0.1, -0.05) is 36.4 Å². The highest BCUT2D eigenvalue weighted by Crippen LogP contribution is 2.30. The van der Waals surface area contributed by atoms with Gasteiger partial charge < -0.3 is 9.47 Å². The third-order valence-electron chi connectivity index (χ3n) is 3.89. The molecule has 0 aromatic heterocycles. The maximum absolute atomic E-state index is 5.82. The fourth-order valence-corrected chi connectivity index (χ4v) is 2.68. The molecule has 20 heavy (non-hydrogen) atoms. The lowest BCUT2D eigenvalue weighted by Gasteiger charge is -2.23. The van der Waals surface area contributed by atoms with Gasteiger partial charge in [-0.15, -0.1) is 0 Å². The number of ether oxygens (including phenoxy) is 2. The largest absolute Gasteiger partial charge is 0.497 e. The molecular weight excluding hydrogens is 248 g/mol. The summed E-state index contributed by atoms with van der Waals surface area (Å²) in [5.74, 6) is 0.890. The molecule has 2 aromatic carbocycles. The number of hydrogen-bond donors (Lipinski definition) is 0. The second-order valence-electron chi connectivity index (χ2n) is 5.21. The van der Waals surface area contributed by atoms with Crippen molar-refractivity contribution in [2.45, 2.75) is 25.4 Å². The molecule has 2 nitrogen and oxygen atoms in total. The van der Waals surface area contributed by atoms with Crippen molar-refractivity contribution in [2.24, 2.45) is 0 Å². The molecule has 1 fully saturated rings. The summed E-state index contributed by atoms with van der Waals surface area (Å²) >= 11 is 0. The lowest BCUT2D eigenvalue weighted by atomic mass is 9.98. The third kappa shape index (κ3) is 2.86. The third-order valence-corrected chi connectivity index (χ3v) is 3.89. The van der Waals surface area contributed by atoms with E-state index in [1.807, 2.05) is 12.1 Å². The van der Waals surface area contributed by atoms with Crippen LogP contribution in [0.2, 0.25) is 0 Å². The molecule has 0 radical (unpaired) electrons. The summed E-state index contributed by atoms with van der Waals surface area (Å²) < 4.78 is 11.0. The summed E-state index contributed by atoms with van der Waals surface area (Å²) in [6, 6.07) is 16.9. The lowest BCUT2D eigenvalue weighted by Crippen LogP contribution is -2.11. The van der Waals surface area contributed by atoms with E-state index in [4.69, 9.17) is 9.47 Å². The van der Waals surface area contributed by atoms with E-state index >= 15 is 0 Å². The maximum atomic E-state index is 5.82. The average molecular weight is 268 g/mol. The van der Waals surface area contributed by atoms with Crippen LogP contribution in [0.3, 0.4) is 0 Å². The van der Waals surface area contributed by atoms with Gasteiger partial charge in [-0.25, -0.2) is 0 Å². The van der Waals surface area contributed by atoms with Crippen molar-refractivity contribution in [3.8, 4) is 16.9 Å². The SMILES string of the molecule is COc1ccc(-c2ccc([C@@H]3CCCCO3)cc2)cc1. The first-order valence-corrected chi connectivity index (χ1v) is 7.23. The Morgan fingerprint density at radius 1 is 0.900 bits per heavy atom. The van der Waals surface area contributed by atoms with Crippen molar-refractivity contribution in [3.05, 3.63) is 54.1 Å². The summed E-state index contributed by atoms with van der Waals surface area (Å²) in [6.07, 6.45) is 3.89. The molecule has 104 valence electrons. The van der Waals surface area contributed by atoms with Crippen molar-refractivity contribution >= 4 is 0 Å². The van der Waals surface area contributed by atoms with E-state index in [1.165, 1.54) is 29.5 Å². The van der Waals surface area contributed by atoms with Crippen molar-refractivity contribution < 1.29 is 9.47 Å². The Morgan fingerprint density at radius 2 is 1.55 bits per heavy atom. The van der Waals surface area contributed by atoms with E-state index < -0.39 is 0 Å². The topological polar surface area (TPSA) is 18.5 Å². The molecule has 1 heterocycles. The molecule has 1 atom stereocenters. The quantitative estimate of drug-likeness (QED) is 0.809. The molecule has 1 saturated heterocycles. The molecule has 0 bridgehead atoms. The maximum Gasteiger partial charge on any atom is 0.118 e. The number of hydrogen-bond acceptors (Lipinski definition) is 2. The van der Waals surface area contributed by atoms with Crippen LogP contribution >= 0.6 is 0 Å². The van der Waals surface area contributed by atoms with Crippen molar-refractivity contribution in [3.63, 3.8) is 0 Å². The fourth-order valence-electron chi connectivity index (χ4n) is 2.68. The molecule has 2 aromatic rings. The van der Waals surface area contributed by atoms with Crippen LogP contribution in [0.15, 0.2) is 48.5 Å². The summed E-state index contributed by atoms with van der Waals surface area (Å²) in [5.41, 5.74) is 3.73. The predicted octanol–water partition coefficient (Wildman–Crippen LogP) is 4.60. The van der Waals surface area contributed by atoms with Crippen LogP contribution in [0.1, 0.15) is 30.9 Å². The van der Waals surface area contributed by atoms with Gasteiger partial charge in [-0.2, -0.15) is 0 Å². The highest BCUT2D eigenvalue weighted by atomic mass is 16.5. The van der Waals surface area contributed by atoms with Crippen LogP contribution in [0.5, 0.6) is 5.75 Å². The molecule has 0 amide bonds. The fraction of sp³-hybridized carbons (Fsp3) is 0.333. The van der Waals surface area contributed by atoms with E-state index in [2.05, 4.69) is 36.4 Å². The smallest absolute Gasteiger partial charge is 0.118 e. The zero-order valence-corrected chi connectivity index (χ0v) is 11.8. The normalized spacial score (nSPS) is 18.8. The Balaban J connectivity index is 1.77. The number of methoxy groups -OCH3 is 1. The Bertz CT molecular complexity index is 537. The Hall–Kier alpha value is -1.80. The van der Waals surface area contributed by atoms with Gasteiger partial charge in [0.1, 0.15) is 5.75 Å². The molecular formula is C18H20O2. The van der Waals surface area contributed by atoms with Gasteiger partial charge in [-0.3, -0.25) is 0 Å². The summed E-state index contributed by atoms with van der Waals surface area (Å²) in [4.78, 5) is 0. The van der Waals surface area contributed by atoms with Gasteiger partial charge in [0.25, 0.3) is 0 Å². The summed E-state index contributed by atoms with van der Waals surface area (Å²) in [5, 5.41) is 0. The molecule has 1 aliphatic rings. The Morgan fingerprint density at radius 3 is 2.10 bits per heavy atom. The van der Waals surface area contributed by atoms with Crippen LogP contribution < -0.4 is 4.74 Å². The Labute approximate surface area is 120 Å². The van der Waals surface area contributed by atoms with E-state index in [-0.39, 0.29) is 6.10 Å². The van der Waals surface area contributed by atoms with Gasteiger partial charge >= 0.3 is 0 Å². The molecule has 0 spiro atoms. The van der Waals surface area contributed by atoms with Crippen molar-refractivity contribution in [2.75, 3.05) is 13.7 Å². The minimum atomic E-state index is 0.286. The highest BCUT2D eigenvalue weighted by molar-refractivity contribution is 5.64. The minimum Gasteiger partial charge on any atom is -0.497 e. The van der Waals surface area contributed by atoms with E-state index in [1.54, 1.807) is 7.11 Å². The van der Waals surface area contributed by atoms with Gasteiger partial charge in [0, 0.05) is 6.61 Å². The first-order chi connectivity index (χ1) is 9.86. The molecule has 2 heteroatoms. The van der Waals surface area contributed by atoms with E-state index in [9.17, 15) is 0 Å². The lowest BCUT2D eigenvalue weighted by molar-refractivity contribution is 0.0150. The highest BCUT2D eigenvalue weighted by Gasteiger charge is 2.15. The molecule has 0 unspecified atom stereocenters. The standard InChI is InChI=1S/C18H20O2/c1-19-17-11-9-15(10-12-17)14-5-7-16(8-6-14)18-4-2-3-13-20-18/h5-12,18H,2-4,13H2,1H3/t18-/m0/s1. The Kier molecular flexibility index (Phi) is 4.03. The molecule has 3 rings (SSSR count). The predicted molar refractivity (Wildman–Crippen MR) is 81.0 cm³/mol. The van der Waals surface area contributed by atoms with Crippen LogP contribution in [0, 0.1) is 0 Å². The summed E-state index contributed by atoms with van der Waals surface area (Å²) in [7, 11) is 1.69. The van der Waals surface area contributed by atoms with Gasteiger partial charge in [-0.05, 0) is 48.1 Å². The minimum absolute atomic E-state index is 0.286. The zero-order chi connectivity index (χ0) is 13.8. The average Bonchev–Trinajstić information content (AvgIpc) is 2.56. The molecule has 0 saturated carbocycles. The van der Waals surface area contributed by atoms with Crippen molar-refractivity contribution in [1.29, 1.82) is 0 Å².